The Morgan fingerprint density at radius 1 is 0.824 bits per heavy atom. The van der Waals surface area contributed by atoms with Gasteiger partial charge in [-0.1, -0.05) is 6.92 Å². The highest BCUT2D eigenvalue weighted by atomic mass is 32.2. The van der Waals surface area contributed by atoms with Crippen LogP contribution in [0.2, 0.25) is 0 Å². The second kappa shape index (κ2) is 5.27. The standard InChI is InChI=1S/C13H24O3S/c1-10-2-6-12(7-3-10)17(15,16)13-8-4-11(14)5-9-13/h10-14H,2-9H2,1H3. The molecule has 100 valence electrons. The maximum atomic E-state index is 12.5. The fourth-order valence-electron chi connectivity index (χ4n) is 3.20. The summed E-state index contributed by atoms with van der Waals surface area (Å²) in [6.07, 6.45) is 6.18. The van der Waals surface area contributed by atoms with Crippen LogP contribution in [0.25, 0.3) is 0 Å². The minimum atomic E-state index is -2.94. The van der Waals surface area contributed by atoms with Crippen molar-refractivity contribution >= 4 is 9.84 Å². The highest BCUT2D eigenvalue weighted by Gasteiger charge is 2.37. The van der Waals surface area contributed by atoms with Gasteiger partial charge in [0, 0.05) is 0 Å². The number of sulfone groups is 1. The molecule has 2 aliphatic rings. The van der Waals surface area contributed by atoms with Gasteiger partial charge in [-0.15, -0.1) is 0 Å². The van der Waals surface area contributed by atoms with Gasteiger partial charge in [0.05, 0.1) is 16.6 Å². The molecular weight excluding hydrogens is 236 g/mol. The Balaban J connectivity index is 1.98. The van der Waals surface area contributed by atoms with Crippen LogP contribution in [0.1, 0.15) is 58.3 Å². The fourth-order valence-corrected chi connectivity index (χ4v) is 5.61. The highest BCUT2D eigenvalue weighted by Crippen LogP contribution is 2.34. The van der Waals surface area contributed by atoms with Crippen molar-refractivity contribution in [3.05, 3.63) is 0 Å². The van der Waals surface area contributed by atoms with Crippen LogP contribution in [0.3, 0.4) is 0 Å². The summed E-state index contributed by atoms with van der Waals surface area (Å²) < 4.78 is 24.9. The van der Waals surface area contributed by atoms with Gasteiger partial charge in [-0.05, 0) is 57.3 Å². The summed E-state index contributed by atoms with van der Waals surface area (Å²) in [5, 5.41) is 9.17. The second-order valence-electron chi connectivity index (χ2n) is 5.90. The third kappa shape index (κ3) is 3.02. The molecule has 0 atom stereocenters. The van der Waals surface area contributed by atoms with Crippen LogP contribution < -0.4 is 0 Å². The van der Waals surface area contributed by atoms with Gasteiger partial charge in [0.1, 0.15) is 0 Å². The molecular formula is C13H24O3S. The van der Waals surface area contributed by atoms with E-state index in [0.717, 1.165) is 25.7 Å². The molecule has 2 saturated carbocycles. The molecule has 2 fully saturated rings. The third-order valence-electron chi connectivity index (χ3n) is 4.54. The van der Waals surface area contributed by atoms with Crippen molar-refractivity contribution < 1.29 is 13.5 Å². The molecule has 0 saturated heterocycles. The van der Waals surface area contributed by atoms with Gasteiger partial charge >= 0.3 is 0 Å². The van der Waals surface area contributed by atoms with Gasteiger partial charge in [0.15, 0.2) is 9.84 Å². The molecule has 0 radical (unpaired) electrons. The van der Waals surface area contributed by atoms with Crippen LogP contribution >= 0.6 is 0 Å². The summed E-state index contributed by atoms with van der Waals surface area (Å²) in [4.78, 5) is 0. The van der Waals surface area contributed by atoms with Gasteiger partial charge in [-0.25, -0.2) is 8.42 Å². The molecule has 17 heavy (non-hydrogen) atoms. The Morgan fingerprint density at radius 3 is 1.71 bits per heavy atom. The monoisotopic (exact) mass is 260 g/mol. The molecule has 0 bridgehead atoms. The van der Waals surface area contributed by atoms with Crippen molar-refractivity contribution in [1.29, 1.82) is 0 Å². The molecule has 0 spiro atoms. The van der Waals surface area contributed by atoms with Crippen molar-refractivity contribution in [3.63, 3.8) is 0 Å². The quantitative estimate of drug-likeness (QED) is 0.828. The first kappa shape index (κ1) is 13.3. The third-order valence-corrected chi connectivity index (χ3v) is 7.34. The molecule has 2 rings (SSSR count). The zero-order chi connectivity index (χ0) is 12.5. The van der Waals surface area contributed by atoms with Crippen molar-refractivity contribution in [2.75, 3.05) is 0 Å². The Morgan fingerprint density at radius 2 is 1.24 bits per heavy atom. The van der Waals surface area contributed by atoms with Crippen LogP contribution in [0.15, 0.2) is 0 Å². The molecule has 0 aliphatic heterocycles. The maximum Gasteiger partial charge on any atom is 0.156 e. The molecule has 0 amide bonds. The van der Waals surface area contributed by atoms with E-state index in [-0.39, 0.29) is 16.6 Å². The van der Waals surface area contributed by atoms with Crippen molar-refractivity contribution in [2.24, 2.45) is 5.92 Å². The molecule has 0 aromatic carbocycles. The lowest BCUT2D eigenvalue weighted by molar-refractivity contribution is 0.131. The van der Waals surface area contributed by atoms with E-state index in [9.17, 15) is 13.5 Å². The van der Waals surface area contributed by atoms with Gasteiger partial charge in [-0.2, -0.15) is 0 Å². The number of rotatable bonds is 2. The molecule has 0 unspecified atom stereocenters. The van der Waals surface area contributed by atoms with Crippen LogP contribution in [0, 0.1) is 5.92 Å². The molecule has 2 aliphatic carbocycles. The van der Waals surface area contributed by atoms with E-state index >= 15 is 0 Å². The van der Waals surface area contributed by atoms with E-state index in [1.165, 1.54) is 0 Å². The summed E-state index contributed by atoms with van der Waals surface area (Å²) in [6, 6.07) is 0. The van der Waals surface area contributed by atoms with Crippen LogP contribution in [-0.2, 0) is 9.84 Å². The van der Waals surface area contributed by atoms with Crippen molar-refractivity contribution in [1.82, 2.24) is 0 Å². The molecule has 0 heterocycles. The predicted molar refractivity (Wildman–Crippen MR) is 68.6 cm³/mol. The maximum absolute atomic E-state index is 12.5. The first-order chi connectivity index (χ1) is 8.00. The number of aliphatic hydroxyl groups excluding tert-OH is 1. The van der Waals surface area contributed by atoms with Crippen LogP contribution in [-0.4, -0.2) is 30.1 Å². The first-order valence-corrected chi connectivity index (χ1v) is 8.52. The topological polar surface area (TPSA) is 54.4 Å². The lowest BCUT2D eigenvalue weighted by Gasteiger charge is -2.32. The van der Waals surface area contributed by atoms with Crippen molar-refractivity contribution in [2.45, 2.75) is 74.9 Å². The van der Waals surface area contributed by atoms with Gasteiger partial charge in [0.2, 0.25) is 0 Å². The highest BCUT2D eigenvalue weighted by molar-refractivity contribution is 7.92. The number of aliphatic hydroxyl groups is 1. The summed E-state index contributed by atoms with van der Waals surface area (Å²) in [5.41, 5.74) is 0. The minimum Gasteiger partial charge on any atom is -0.393 e. The SMILES string of the molecule is CC1CCC(S(=O)(=O)C2CCC(O)CC2)CC1. The lowest BCUT2D eigenvalue weighted by atomic mass is 9.91. The number of hydrogen-bond acceptors (Lipinski definition) is 3. The molecule has 1 N–H and O–H groups in total. The summed E-state index contributed by atoms with van der Waals surface area (Å²) in [5.74, 6) is 0.689. The molecule has 3 nitrogen and oxygen atoms in total. The molecule has 4 heteroatoms. The Hall–Kier alpha value is -0.0900. The first-order valence-electron chi connectivity index (χ1n) is 6.91. The van der Waals surface area contributed by atoms with Crippen LogP contribution in [0.5, 0.6) is 0 Å². The lowest BCUT2D eigenvalue weighted by Crippen LogP contribution is -2.37. The summed E-state index contributed by atoms with van der Waals surface area (Å²) in [7, 11) is -2.94. The average Bonchev–Trinajstić information content (AvgIpc) is 2.30. The van der Waals surface area contributed by atoms with Gasteiger partial charge in [-0.3, -0.25) is 0 Å². The summed E-state index contributed by atoms with van der Waals surface area (Å²) >= 11 is 0. The Labute approximate surface area is 105 Å². The average molecular weight is 260 g/mol. The van der Waals surface area contributed by atoms with E-state index in [1.807, 2.05) is 0 Å². The Bertz CT molecular complexity index is 306. The smallest absolute Gasteiger partial charge is 0.156 e. The Kier molecular flexibility index (Phi) is 4.14. The van der Waals surface area contributed by atoms with E-state index < -0.39 is 9.84 Å². The normalized spacial score (nSPS) is 40.1. The molecule has 0 aromatic rings. The second-order valence-corrected chi connectivity index (χ2v) is 8.41. The molecule has 0 aromatic heterocycles. The van der Waals surface area contributed by atoms with Gasteiger partial charge < -0.3 is 5.11 Å². The van der Waals surface area contributed by atoms with E-state index in [0.29, 0.717) is 31.6 Å². The van der Waals surface area contributed by atoms with Crippen LogP contribution in [0.4, 0.5) is 0 Å². The number of hydrogen-bond donors (Lipinski definition) is 1. The van der Waals surface area contributed by atoms with E-state index in [1.54, 1.807) is 0 Å². The zero-order valence-electron chi connectivity index (χ0n) is 10.6. The van der Waals surface area contributed by atoms with Crippen molar-refractivity contribution in [3.8, 4) is 0 Å². The fraction of sp³-hybridized carbons (Fsp3) is 1.00. The minimum absolute atomic E-state index is 0.0982. The van der Waals surface area contributed by atoms with E-state index in [4.69, 9.17) is 0 Å². The zero-order valence-corrected chi connectivity index (χ0v) is 11.5. The van der Waals surface area contributed by atoms with Gasteiger partial charge in [0.25, 0.3) is 0 Å². The largest absolute Gasteiger partial charge is 0.393 e. The predicted octanol–water partition coefficient (Wildman–Crippen LogP) is 2.28. The van der Waals surface area contributed by atoms with E-state index in [2.05, 4.69) is 6.92 Å². The summed E-state index contributed by atoms with van der Waals surface area (Å²) in [6.45, 7) is 2.21.